The summed E-state index contributed by atoms with van der Waals surface area (Å²) in [7, 11) is 0. The van der Waals surface area contributed by atoms with Gasteiger partial charge in [0.15, 0.2) is 5.13 Å². The maximum atomic E-state index is 5.61. The highest BCUT2D eigenvalue weighted by molar-refractivity contribution is 7.19. The van der Waals surface area contributed by atoms with Crippen LogP contribution in [-0.4, -0.2) is 35.1 Å². The van der Waals surface area contributed by atoms with Gasteiger partial charge in [-0.25, -0.2) is 4.98 Å². The molecule has 4 nitrogen and oxygen atoms in total. The highest BCUT2D eigenvalue weighted by Crippen LogP contribution is 2.19. The number of nitrogen functional groups attached to an aromatic ring is 1. The molecule has 5 heteroatoms. The summed E-state index contributed by atoms with van der Waals surface area (Å²) in [5, 5.41) is 4.96. The van der Waals surface area contributed by atoms with Gasteiger partial charge in [-0.05, 0) is 27.7 Å². The van der Waals surface area contributed by atoms with Gasteiger partial charge in [-0.2, -0.15) is 0 Å². The van der Waals surface area contributed by atoms with Crippen molar-refractivity contribution in [1.82, 2.24) is 9.88 Å². The lowest BCUT2D eigenvalue weighted by Gasteiger charge is -2.30. The Labute approximate surface area is 102 Å². The maximum absolute atomic E-state index is 5.61. The lowest BCUT2D eigenvalue weighted by Crippen LogP contribution is -2.40. The fraction of sp³-hybridized carbons (Fsp3) is 0.727. The van der Waals surface area contributed by atoms with Gasteiger partial charge >= 0.3 is 0 Å². The molecule has 16 heavy (non-hydrogen) atoms. The first-order valence-electron chi connectivity index (χ1n) is 5.71. The van der Waals surface area contributed by atoms with Gasteiger partial charge in [-0.1, -0.05) is 11.3 Å². The van der Waals surface area contributed by atoms with Crippen LogP contribution >= 0.6 is 11.3 Å². The lowest BCUT2D eigenvalue weighted by molar-refractivity contribution is 0.182. The van der Waals surface area contributed by atoms with Crippen LogP contribution in [-0.2, 0) is 0 Å². The summed E-state index contributed by atoms with van der Waals surface area (Å²) in [6, 6.07) is 1.14. The van der Waals surface area contributed by atoms with Gasteiger partial charge in [0.05, 0.1) is 6.20 Å². The Kier molecular flexibility index (Phi) is 5.02. The quantitative estimate of drug-likeness (QED) is 0.803. The van der Waals surface area contributed by atoms with E-state index < -0.39 is 0 Å². The van der Waals surface area contributed by atoms with E-state index in [0.29, 0.717) is 12.1 Å². The van der Waals surface area contributed by atoms with Crippen molar-refractivity contribution in [1.29, 1.82) is 0 Å². The number of anilines is 2. The Morgan fingerprint density at radius 3 is 2.44 bits per heavy atom. The number of rotatable bonds is 6. The van der Waals surface area contributed by atoms with Gasteiger partial charge in [0.25, 0.3) is 0 Å². The first-order valence-corrected chi connectivity index (χ1v) is 6.53. The van der Waals surface area contributed by atoms with Crippen molar-refractivity contribution in [3.8, 4) is 0 Å². The molecule has 0 saturated heterocycles. The van der Waals surface area contributed by atoms with E-state index in [1.54, 1.807) is 6.20 Å². The topological polar surface area (TPSA) is 54.2 Å². The predicted octanol–water partition coefficient (Wildman–Crippen LogP) is 2.26. The summed E-state index contributed by atoms with van der Waals surface area (Å²) >= 11 is 1.49. The second-order valence-electron chi connectivity index (χ2n) is 4.42. The molecule has 1 heterocycles. The Hall–Kier alpha value is -0.810. The van der Waals surface area contributed by atoms with Crippen molar-refractivity contribution in [2.24, 2.45) is 0 Å². The number of nitrogens with zero attached hydrogens (tertiary/aromatic N) is 2. The molecule has 0 amide bonds. The summed E-state index contributed by atoms with van der Waals surface area (Å²) < 4.78 is 0. The zero-order chi connectivity index (χ0) is 12.1. The van der Waals surface area contributed by atoms with E-state index in [-0.39, 0.29) is 0 Å². The van der Waals surface area contributed by atoms with E-state index in [1.165, 1.54) is 11.3 Å². The lowest BCUT2D eigenvalue weighted by atomic mass is 10.2. The molecule has 0 aromatic carbocycles. The van der Waals surface area contributed by atoms with E-state index in [4.69, 9.17) is 5.73 Å². The Balaban J connectivity index is 2.33. The molecule has 0 aliphatic rings. The van der Waals surface area contributed by atoms with Crippen LogP contribution in [0.4, 0.5) is 10.1 Å². The van der Waals surface area contributed by atoms with Gasteiger partial charge in [0, 0.05) is 25.2 Å². The van der Waals surface area contributed by atoms with Crippen molar-refractivity contribution in [2.45, 2.75) is 39.8 Å². The van der Waals surface area contributed by atoms with E-state index in [9.17, 15) is 0 Å². The Morgan fingerprint density at radius 1 is 1.38 bits per heavy atom. The summed E-state index contributed by atoms with van der Waals surface area (Å²) in [6.45, 7) is 10.8. The largest absolute Gasteiger partial charge is 0.389 e. The monoisotopic (exact) mass is 242 g/mol. The van der Waals surface area contributed by atoms with Crippen LogP contribution < -0.4 is 11.1 Å². The predicted molar refractivity (Wildman–Crippen MR) is 72.0 cm³/mol. The summed E-state index contributed by atoms with van der Waals surface area (Å²) in [6.07, 6.45) is 1.69. The fourth-order valence-electron chi connectivity index (χ4n) is 1.77. The Morgan fingerprint density at radius 2 is 2.00 bits per heavy atom. The van der Waals surface area contributed by atoms with E-state index in [2.05, 4.69) is 42.9 Å². The van der Waals surface area contributed by atoms with E-state index in [1.807, 2.05) is 0 Å². The molecule has 0 fully saturated rings. The molecule has 0 aliphatic carbocycles. The molecule has 0 radical (unpaired) electrons. The molecule has 92 valence electrons. The average Bonchev–Trinajstić information content (AvgIpc) is 2.57. The second kappa shape index (κ2) is 6.06. The third-order valence-electron chi connectivity index (χ3n) is 2.50. The zero-order valence-electron chi connectivity index (χ0n) is 10.5. The Bertz CT molecular complexity index is 301. The second-order valence-corrected chi connectivity index (χ2v) is 5.48. The number of nitrogens with one attached hydrogen (secondary N) is 1. The molecule has 0 aliphatic heterocycles. The zero-order valence-corrected chi connectivity index (χ0v) is 11.3. The van der Waals surface area contributed by atoms with Crippen molar-refractivity contribution < 1.29 is 0 Å². The molecule has 0 atom stereocenters. The molecule has 0 spiro atoms. The number of nitrogens with two attached hydrogens (primary N) is 1. The van der Waals surface area contributed by atoms with Gasteiger partial charge in [0.1, 0.15) is 5.00 Å². The molecule has 0 unspecified atom stereocenters. The van der Waals surface area contributed by atoms with Crippen LogP contribution in [0, 0.1) is 0 Å². The normalized spacial score (nSPS) is 11.7. The van der Waals surface area contributed by atoms with Crippen molar-refractivity contribution >= 4 is 21.5 Å². The summed E-state index contributed by atoms with van der Waals surface area (Å²) in [4.78, 5) is 6.61. The number of aromatic nitrogens is 1. The van der Waals surface area contributed by atoms with Crippen LogP contribution in [0.3, 0.4) is 0 Å². The summed E-state index contributed by atoms with van der Waals surface area (Å²) in [5.41, 5.74) is 5.61. The number of hydrogen-bond donors (Lipinski definition) is 2. The molecule has 0 bridgehead atoms. The fourth-order valence-corrected chi connectivity index (χ4v) is 2.38. The van der Waals surface area contributed by atoms with Crippen LogP contribution in [0.2, 0.25) is 0 Å². The smallest absolute Gasteiger partial charge is 0.184 e. The SMILES string of the molecule is CC(C)N(CCNc1ncc(N)s1)C(C)C. The molecule has 1 aromatic heterocycles. The van der Waals surface area contributed by atoms with Crippen molar-refractivity contribution in [3.05, 3.63) is 6.20 Å². The van der Waals surface area contributed by atoms with Gasteiger partial charge in [-0.3, -0.25) is 4.90 Å². The molecular weight excluding hydrogens is 220 g/mol. The molecule has 1 rings (SSSR count). The average molecular weight is 242 g/mol. The third-order valence-corrected chi connectivity index (χ3v) is 3.28. The molecule has 3 N–H and O–H groups in total. The minimum Gasteiger partial charge on any atom is -0.389 e. The van der Waals surface area contributed by atoms with Gasteiger partial charge in [0.2, 0.25) is 0 Å². The van der Waals surface area contributed by atoms with Crippen LogP contribution in [0.15, 0.2) is 6.20 Å². The highest BCUT2D eigenvalue weighted by atomic mass is 32.1. The third kappa shape index (κ3) is 3.98. The van der Waals surface area contributed by atoms with Gasteiger partial charge < -0.3 is 11.1 Å². The van der Waals surface area contributed by atoms with E-state index in [0.717, 1.165) is 23.2 Å². The van der Waals surface area contributed by atoms with Crippen LogP contribution in [0.1, 0.15) is 27.7 Å². The van der Waals surface area contributed by atoms with Crippen LogP contribution in [0.5, 0.6) is 0 Å². The molecular formula is C11H22N4S. The first-order chi connectivity index (χ1) is 7.50. The van der Waals surface area contributed by atoms with Gasteiger partial charge in [-0.15, -0.1) is 0 Å². The summed E-state index contributed by atoms with van der Waals surface area (Å²) in [5.74, 6) is 0. The van der Waals surface area contributed by atoms with Crippen LogP contribution in [0.25, 0.3) is 0 Å². The number of thiazole rings is 1. The van der Waals surface area contributed by atoms with Crippen molar-refractivity contribution in [3.63, 3.8) is 0 Å². The van der Waals surface area contributed by atoms with E-state index >= 15 is 0 Å². The first kappa shape index (κ1) is 13.3. The minimum atomic E-state index is 0.572. The van der Waals surface area contributed by atoms with Crippen molar-refractivity contribution in [2.75, 3.05) is 24.1 Å². The standard InChI is InChI=1S/C11H22N4S/c1-8(2)15(9(3)4)6-5-13-11-14-7-10(12)16-11/h7-9H,5-6,12H2,1-4H3,(H,13,14). The maximum Gasteiger partial charge on any atom is 0.184 e. The number of hydrogen-bond acceptors (Lipinski definition) is 5. The molecule has 1 aromatic rings. The molecule has 0 saturated carbocycles. The minimum absolute atomic E-state index is 0.572. The highest BCUT2D eigenvalue weighted by Gasteiger charge is 2.12.